The van der Waals surface area contributed by atoms with Crippen LogP contribution in [0.15, 0.2) is 82.6 Å². The molecule has 0 fully saturated rings. The molecule has 0 spiro atoms. The molecule has 1 aromatic heterocycles. The molecule has 10 nitrogen and oxygen atoms in total. The molecule has 0 radical (unpaired) electrons. The molecule has 0 saturated carbocycles. The Bertz CT molecular complexity index is 1800. The number of hydrogen-bond donors (Lipinski definition) is 0. The molecule has 222 valence electrons. The SMILES string of the molecule is CCOC(=O)C1C(C)N=c2sc(=Cc3ccc(OCc4ccc([N+](=O)[O-])cc4)c(OCC)c3)c(=O)n2C1c1ccccc1. The third-order valence-electron chi connectivity index (χ3n) is 7.10. The Kier molecular flexibility index (Phi) is 9.01. The molecule has 1 aliphatic rings. The maximum Gasteiger partial charge on any atom is 0.313 e. The first kappa shape index (κ1) is 29.7. The van der Waals surface area contributed by atoms with Gasteiger partial charge in [0.1, 0.15) is 12.5 Å². The number of hydrogen-bond acceptors (Lipinski definition) is 9. The molecule has 0 amide bonds. The molecule has 4 aromatic rings. The number of nitrogens with zero attached hydrogens (tertiary/aromatic N) is 3. The fourth-order valence-corrected chi connectivity index (χ4v) is 6.19. The Morgan fingerprint density at radius 3 is 2.44 bits per heavy atom. The van der Waals surface area contributed by atoms with Gasteiger partial charge in [-0.25, -0.2) is 0 Å². The third-order valence-corrected chi connectivity index (χ3v) is 8.09. The Balaban J connectivity index is 1.50. The lowest BCUT2D eigenvalue weighted by Crippen LogP contribution is -2.47. The average Bonchev–Trinajstić information content (AvgIpc) is 3.30. The van der Waals surface area contributed by atoms with Gasteiger partial charge in [-0.05, 0) is 67.8 Å². The van der Waals surface area contributed by atoms with Crippen LogP contribution in [-0.4, -0.2) is 34.7 Å². The smallest absolute Gasteiger partial charge is 0.313 e. The predicted molar refractivity (Wildman–Crippen MR) is 162 cm³/mol. The van der Waals surface area contributed by atoms with E-state index in [4.69, 9.17) is 19.2 Å². The van der Waals surface area contributed by atoms with Crippen molar-refractivity contribution in [1.82, 2.24) is 4.57 Å². The molecule has 0 N–H and O–H groups in total. The fourth-order valence-electron chi connectivity index (χ4n) is 5.10. The van der Waals surface area contributed by atoms with Gasteiger partial charge in [-0.2, -0.15) is 0 Å². The first-order chi connectivity index (χ1) is 20.8. The maximum absolute atomic E-state index is 13.9. The van der Waals surface area contributed by atoms with E-state index in [1.165, 1.54) is 23.5 Å². The number of thiazole rings is 1. The number of esters is 1. The monoisotopic (exact) mass is 601 g/mol. The number of fused-ring (bicyclic) bond motifs is 1. The molecule has 2 heterocycles. The van der Waals surface area contributed by atoms with Crippen molar-refractivity contribution in [2.45, 2.75) is 39.5 Å². The van der Waals surface area contributed by atoms with E-state index < -0.39 is 16.9 Å². The maximum atomic E-state index is 13.9. The number of benzene rings is 3. The van der Waals surface area contributed by atoms with Gasteiger partial charge in [-0.15, -0.1) is 0 Å². The summed E-state index contributed by atoms with van der Waals surface area (Å²) in [5.74, 6) is -0.0217. The summed E-state index contributed by atoms with van der Waals surface area (Å²) in [6.07, 6.45) is 1.78. The Morgan fingerprint density at radius 2 is 1.77 bits per heavy atom. The zero-order valence-corrected chi connectivity index (χ0v) is 24.8. The second-order valence-corrected chi connectivity index (χ2v) is 10.9. The number of carbonyl (C=O) groups is 1. The number of aromatic nitrogens is 1. The van der Waals surface area contributed by atoms with E-state index in [2.05, 4.69) is 0 Å². The van der Waals surface area contributed by atoms with Gasteiger partial charge >= 0.3 is 5.97 Å². The summed E-state index contributed by atoms with van der Waals surface area (Å²) in [5.41, 5.74) is 2.11. The van der Waals surface area contributed by atoms with Gasteiger partial charge in [-0.1, -0.05) is 47.7 Å². The van der Waals surface area contributed by atoms with Crippen molar-refractivity contribution in [3.05, 3.63) is 119 Å². The normalized spacial score (nSPS) is 17.9. The van der Waals surface area contributed by atoms with Crippen LogP contribution in [0.4, 0.5) is 5.69 Å². The number of nitro benzene ring substituents is 1. The van der Waals surface area contributed by atoms with Crippen molar-refractivity contribution >= 4 is 29.1 Å². The molecule has 1 aliphatic heterocycles. The highest BCUT2D eigenvalue weighted by Gasteiger charge is 2.41. The first-order valence-corrected chi connectivity index (χ1v) is 14.8. The van der Waals surface area contributed by atoms with Gasteiger partial charge in [0.05, 0.1) is 34.8 Å². The Morgan fingerprint density at radius 1 is 1.02 bits per heavy atom. The lowest BCUT2D eigenvalue weighted by Gasteiger charge is -2.32. The molecular weight excluding hydrogens is 570 g/mol. The summed E-state index contributed by atoms with van der Waals surface area (Å²) >= 11 is 1.28. The van der Waals surface area contributed by atoms with Crippen LogP contribution in [0.2, 0.25) is 0 Å². The van der Waals surface area contributed by atoms with E-state index in [9.17, 15) is 19.7 Å². The van der Waals surface area contributed by atoms with Gasteiger partial charge in [-0.3, -0.25) is 29.3 Å². The summed E-state index contributed by atoms with van der Waals surface area (Å²) < 4.78 is 19.3. The molecule has 0 bridgehead atoms. The number of carbonyl (C=O) groups excluding carboxylic acids is 1. The van der Waals surface area contributed by atoms with Crippen molar-refractivity contribution in [1.29, 1.82) is 0 Å². The van der Waals surface area contributed by atoms with E-state index in [1.54, 1.807) is 41.8 Å². The fraction of sp³-hybridized carbons (Fsp3) is 0.281. The zero-order chi connectivity index (χ0) is 30.5. The highest BCUT2D eigenvalue weighted by molar-refractivity contribution is 7.07. The molecule has 5 rings (SSSR count). The van der Waals surface area contributed by atoms with Crippen molar-refractivity contribution in [3.8, 4) is 11.5 Å². The summed E-state index contributed by atoms with van der Waals surface area (Å²) in [4.78, 5) is 42.7. The van der Waals surface area contributed by atoms with E-state index in [0.717, 1.165) is 16.7 Å². The van der Waals surface area contributed by atoms with Crippen molar-refractivity contribution in [2.24, 2.45) is 10.9 Å². The van der Waals surface area contributed by atoms with Crippen LogP contribution in [0.3, 0.4) is 0 Å². The Labute approximate surface area is 251 Å². The lowest BCUT2D eigenvalue weighted by molar-refractivity contribution is -0.384. The molecule has 0 aliphatic carbocycles. The molecule has 0 saturated heterocycles. The van der Waals surface area contributed by atoms with Crippen molar-refractivity contribution < 1.29 is 23.9 Å². The lowest BCUT2D eigenvalue weighted by atomic mass is 9.86. The van der Waals surface area contributed by atoms with Crippen molar-refractivity contribution in [3.63, 3.8) is 0 Å². The summed E-state index contributed by atoms with van der Waals surface area (Å²) in [7, 11) is 0. The van der Waals surface area contributed by atoms with Crippen molar-refractivity contribution in [2.75, 3.05) is 13.2 Å². The number of rotatable bonds is 10. The highest BCUT2D eigenvalue weighted by atomic mass is 32.1. The number of ether oxygens (including phenoxy) is 3. The average molecular weight is 602 g/mol. The van der Waals surface area contributed by atoms with Gasteiger partial charge in [0.15, 0.2) is 16.3 Å². The van der Waals surface area contributed by atoms with E-state index in [0.29, 0.717) is 27.4 Å². The number of nitro groups is 1. The Hall–Kier alpha value is -4.77. The van der Waals surface area contributed by atoms with E-state index in [1.807, 2.05) is 50.2 Å². The molecule has 43 heavy (non-hydrogen) atoms. The first-order valence-electron chi connectivity index (χ1n) is 14.0. The highest BCUT2D eigenvalue weighted by Crippen LogP contribution is 2.32. The molecule has 3 atom stereocenters. The minimum Gasteiger partial charge on any atom is -0.490 e. The molecule has 3 unspecified atom stereocenters. The topological polar surface area (TPSA) is 122 Å². The standard InChI is InChI=1S/C32H31N3O7S/c1-4-40-26-17-22(13-16-25(26)42-19-21-11-14-24(15-12-21)35(38)39)18-27-30(36)34-29(23-9-7-6-8-10-23)28(31(37)41-5-2)20(3)33-32(34)43-27/h6-18,20,28-29H,4-5,19H2,1-3H3. The largest absolute Gasteiger partial charge is 0.490 e. The number of non-ortho nitro benzene ring substituents is 1. The van der Waals surface area contributed by atoms with E-state index >= 15 is 0 Å². The summed E-state index contributed by atoms with van der Waals surface area (Å²) in [6.45, 7) is 6.34. The summed E-state index contributed by atoms with van der Waals surface area (Å²) in [5, 5.41) is 10.9. The quantitative estimate of drug-likeness (QED) is 0.150. The van der Waals surface area contributed by atoms with Gasteiger partial charge < -0.3 is 14.2 Å². The van der Waals surface area contributed by atoms with Crippen LogP contribution in [0.1, 0.15) is 43.5 Å². The van der Waals surface area contributed by atoms with Gasteiger partial charge in [0, 0.05) is 12.1 Å². The third kappa shape index (κ3) is 6.36. The molecule has 3 aromatic carbocycles. The second kappa shape index (κ2) is 13.0. The van der Waals surface area contributed by atoms with Crippen LogP contribution < -0.4 is 24.4 Å². The predicted octanol–water partition coefficient (Wildman–Crippen LogP) is 4.41. The van der Waals surface area contributed by atoms with Crippen LogP contribution in [0.25, 0.3) is 6.08 Å². The van der Waals surface area contributed by atoms with Crippen LogP contribution in [-0.2, 0) is 16.1 Å². The van der Waals surface area contributed by atoms with Crippen LogP contribution >= 0.6 is 11.3 Å². The van der Waals surface area contributed by atoms with Crippen LogP contribution in [0.5, 0.6) is 11.5 Å². The second-order valence-electron chi connectivity index (χ2n) is 9.92. The van der Waals surface area contributed by atoms with Crippen LogP contribution in [0, 0.1) is 16.0 Å². The minimum absolute atomic E-state index is 0.0126. The molecule has 11 heteroatoms. The van der Waals surface area contributed by atoms with Gasteiger partial charge in [0.25, 0.3) is 11.2 Å². The zero-order valence-electron chi connectivity index (χ0n) is 24.0. The molecular formula is C32H31N3O7S. The minimum atomic E-state index is -0.647. The summed E-state index contributed by atoms with van der Waals surface area (Å²) in [6, 6.07) is 20.1. The van der Waals surface area contributed by atoms with Gasteiger partial charge in [0.2, 0.25) is 0 Å². The van der Waals surface area contributed by atoms with E-state index in [-0.39, 0.29) is 36.5 Å².